The maximum absolute atomic E-state index is 10.4. The Morgan fingerprint density at radius 1 is 1.47 bits per heavy atom. The molecular formula is C16H24O3. The highest BCUT2D eigenvalue weighted by Gasteiger charge is 2.24. The van der Waals surface area contributed by atoms with Crippen LogP contribution < -0.4 is 9.47 Å². The molecule has 1 aliphatic rings. The average molecular weight is 264 g/mol. The molecule has 0 radical (unpaired) electrons. The van der Waals surface area contributed by atoms with Crippen LogP contribution in [0.1, 0.15) is 50.8 Å². The van der Waals surface area contributed by atoms with Crippen LogP contribution in [0, 0.1) is 5.92 Å². The number of benzene rings is 1. The maximum Gasteiger partial charge on any atom is 0.125 e. The molecule has 0 bridgehead atoms. The Balaban J connectivity index is 2.27. The normalized spacial score (nSPS) is 20.6. The van der Waals surface area contributed by atoms with E-state index in [0.717, 1.165) is 36.3 Å². The smallest absolute Gasteiger partial charge is 0.125 e. The molecule has 1 N–H and O–H groups in total. The van der Waals surface area contributed by atoms with E-state index in [1.165, 1.54) is 5.56 Å². The molecule has 3 heteroatoms. The van der Waals surface area contributed by atoms with Crippen molar-refractivity contribution < 1.29 is 14.6 Å². The van der Waals surface area contributed by atoms with Crippen molar-refractivity contribution in [2.45, 2.75) is 52.2 Å². The molecule has 3 unspecified atom stereocenters. The summed E-state index contributed by atoms with van der Waals surface area (Å²) in [6.07, 6.45) is 2.45. The van der Waals surface area contributed by atoms with Crippen molar-refractivity contribution in [3.63, 3.8) is 0 Å². The molecule has 3 nitrogen and oxygen atoms in total. The fourth-order valence-corrected chi connectivity index (χ4v) is 2.57. The third kappa shape index (κ3) is 3.03. The van der Waals surface area contributed by atoms with Gasteiger partial charge in [-0.3, -0.25) is 0 Å². The second-order valence-electron chi connectivity index (χ2n) is 5.60. The Hall–Kier alpha value is -1.22. The lowest BCUT2D eigenvalue weighted by atomic mass is 9.94. The predicted octanol–water partition coefficient (Wildman–Crippen LogP) is 3.49. The van der Waals surface area contributed by atoms with Crippen molar-refractivity contribution in [1.82, 2.24) is 0 Å². The number of aliphatic hydroxyl groups is 1. The lowest BCUT2D eigenvalue weighted by Gasteiger charge is -2.19. The highest BCUT2D eigenvalue weighted by molar-refractivity contribution is 5.49. The Bertz CT molecular complexity index is 442. The number of ether oxygens (including phenoxy) is 2. The van der Waals surface area contributed by atoms with Gasteiger partial charge in [-0.1, -0.05) is 20.3 Å². The molecule has 0 amide bonds. The van der Waals surface area contributed by atoms with Gasteiger partial charge in [-0.25, -0.2) is 0 Å². The summed E-state index contributed by atoms with van der Waals surface area (Å²) in [6.45, 7) is 6.35. The van der Waals surface area contributed by atoms with E-state index in [-0.39, 0.29) is 6.10 Å². The second-order valence-corrected chi connectivity index (χ2v) is 5.60. The fraction of sp³-hybridized carbons (Fsp3) is 0.625. The summed E-state index contributed by atoms with van der Waals surface area (Å²) in [7, 11) is 1.65. The van der Waals surface area contributed by atoms with E-state index < -0.39 is 6.10 Å². The number of methoxy groups -OCH3 is 1. The summed E-state index contributed by atoms with van der Waals surface area (Å²) in [5, 5.41) is 10.4. The molecule has 2 rings (SSSR count). The first-order valence-electron chi connectivity index (χ1n) is 7.10. The van der Waals surface area contributed by atoms with Gasteiger partial charge in [0.25, 0.3) is 0 Å². The van der Waals surface area contributed by atoms with Crippen molar-refractivity contribution in [2.24, 2.45) is 5.92 Å². The zero-order valence-electron chi connectivity index (χ0n) is 12.3. The number of hydrogen-bond acceptors (Lipinski definition) is 3. The van der Waals surface area contributed by atoms with E-state index >= 15 is 0 Å². The quantitative estimate of drug-likeness (QED) is 0.884. The number of rotatable bonds is 5. The van der Waals surface area contributed by atoms with E-state index in [4.69, 9.17) is 9.47 Å². The molecule has 1 aromatic rings. The molecule has 0 aliphatic carbocycles. The van der Waals surface area contributed by atoms with Crippen LogP contribution in [0.5, 0.6) is 11.5 Å². The van der Waals surface area contributed by atoms with Crippen molar-refractivity contribution in [1.29, 1.82) is 0 Å². The molecule has 1 aliphatic heterocycles. The fourth-order valence-electron chi connectivity index (χ4n) is 2.57. The summed E-state index contributed by atoms with van der Waals surface area (Å²) in [4.78, 5) is 0. The molecule has 1 heterocycles. The van der Waals surface area contributed by atoms with Crippen LogP contribution in [0.15, 0.2) is 12.1 Å². The minimum Gasteiger partial charge on any atom is -0.496 e. The van der Waals surface area contributed by atoms with Crippen molar-refractivity contribution >= 4 is 0 Å². The molecule has 1 aromatic carbocycles. The van der Waals surface area contributed by atoms with Gasteiger partial charge < -0.3 is 14.6 Å². The van der Waals surface area contributed by atoms with Gasteiger partial charge in [-0.05, 0) is 31.4 Å². The minimum absolute atomic E-state index is 0.210. The Morgan fingerprint density at radius 2 is 2.21 bits per heavy atom. The molecule has 0 aromatic heterocycles. The zero-order valence-corrected chi connectivity index (χ0v) is 12.3. The molecule has 106 valence electrons. The Morgan fingerprint density at radius 3 is 2.84 bits per heavy atom. The van der Waals surface area contributed by atoms with Crippen LogP contribution in [0.25, 0.3) is 0 Å². The summed E-state index contributed by atoms with van der Waals surface area (Å²) in [5.74, 6) is 2.16. The first kappa shape index (κ1) is 14.2. The lowest BCUT2D eigenvalue weighted by Crippen LogP contribution is -2.06. The Labute approximate surface area is 115 Å². The van der Waals surface area contributed by atoms with E-state index in [1.54, 1.807) is 7.11 Å². The van der Waals surface area contributed by atoms with Crippen LogP contribution in [0.3, 0.4) is 0 Å². The van der Waals surface area contributed by atoms with Crippen molar-refractivity contribution in [3.05, 3.63) is 23.3 Å². The van der Waals surface area contributed by atoms with Gasteiger partial charge >= 0.3 is 0 Å². The SMILES string of the molecule is CCC(C)CC(O)c1cc2c(cc1OC)CC(C)O2. The zero-order chi connectivity index (χ0) is 14.0. The van der Waals surface area contributed by atoms with E-state index in [2.05, 4.69) is 20.8 Å². The predicted molar refractivity (Wildman–Crippen MR) is 75.8 cm³/mol. The monoisotopic (exact) mass is 264 g/mol. The second kappa shape index (κ2) is 5.83. The van der Waals surface area contributed by atoms with Gasteiger partial charge in [0.1, 0.15) is 17.6 Å². The first-order chi connectivity index (χ1) is 9.05. The number of fused-ring (bicyclic) bond motifs is 1. The van der Waals surface area contributed by atoms with Crippen LogP contribution in [-0.2, 0) is 6.42 Å². The first-order valence-corrected chi connectivity index (χ1v) is 7.10. The summed E-state index contributed by atoms with van der Waals surface area (Å²) in [5.41, 5.74) is 2.01. The molecule has 0 fully saturated rings. The Kier molecular flexibility index (Phi) is 4.35. The molecule has 0 spiro atoms. The summed E-state index contributed by atoms with van der Waals surface area (Å²) < 4.78 is 11.2. The highest BCUT2D eigenvalue weighted by Crippen LogP contribution is 2.39. The minimum atomic E-state index is -0.491. The van der Waals surface area contributed by atoms with Crippen LogP contribution >= 0.6 is 0 Å². The van der Waals surface area contributed by atoms with Gasteiger partial charge in [0, 0.05) is 17.5 Å². The van der Waals surface area contributed by atoms with E-state index in [9.17, 15) is 5.11 Å². The third-order valence-electron chi connectivity index (χ3n) is 3.93. The molecule has 19 heavy (non-hydrogen) atoms. The van der Waals surface area contributed by atoms with Gasteiger partial charge in [0.2, 0.25) is 0 Å². The third-order valence-corrected chi connectivity index (χ3v) is 3.93. The molecule has 0 saturated heterocycles. The highest BCUT2D eigenvalue weighted by atomic mass is 16.5. The van der Waals surface area contributed by atoms with Crippen LogP contribution in [-0.4, -0.2) is 18.3 Å². The van der Waals surface area contributed by atoms with Crippen LogP contribution in [0.2, 0.25) is 0 Å². The van der Waals surface area contributed by atoms with E-state index in [0.29, 0.717) is 5.92 Å². The van der Waals surface area contributed by atoms with Gasteiger partial charge in [0.15, 0.2) is 0 Å². The standard InChI is InChI=1S/C16H24O3/c1-5-10(2)6-14(17)13-9-15-12(7-11(3)19-15)8-16(13)18-4/h8-11,14,17H,5-7H2,1-4H3. The van der Waals surface area contributed by atoms with E-state index in [1.807, 2.05) is 12.1 Å². The summed E-state index contributed by atoms with van der Waals surface area (Å²) >= 11 is 0. The largest absolute Gasteiger partial charge is 0.496 e. The maximum atomic E-state index is 10.4. The van der Waals surface area contributed by atoms with Crippen molar-refractivity contribution in [2.75, 3.05) is 7.11 Å². The topological polar surface area (TPSA) is 38.7 Å². The molecule has 3 atom stereocenters. The van der Waals surface area contributed by atoms with Crippen molar-refractivity contribution in [3.8, 4) is 11.5 Å². The number of aliphatic hydroxyl groups excluding tert-OH is 1. The summed E-state index contributed by atoms with van der Waals surface area (Å²) in [6, 6.07) is 3.96. The number of hydrogen-bond donors (Lipinski definition) is 1. The van der Waals surface area contributed by atoms with Gasteiger partial charge in [-0.15, -0.1) is 0 Å². The van der Waals surface area contributed by atoms with Crippen LogP contribution in [0.4, 0.5) is 0 Å². The average Bonchev–Trinajstić information content (AvgIpc) is 2.75. The van der Waals surface area contributed by atoms with Gasteiger partial charge in [-0.2, -0.15) is 0 Å². The molecular weight excluding hydrogens is 240 g/mol. The molecule has 0 saturated carbocycles. The lowest BCUT2D eigenvalue weighted by molar-refractivity contribution is 0.142. The van der Waals surface area contributed by atoms with Gasteiger partial charge in [0.05, 0.1) is 13.2 Å².